The average molecular weight is 195 g/mol. The lowest BCUT2D eigenvalue weighted by molar-refractivity contribution is -0.143. The summed E-state index contributed by atoms with van der Waals surface area (Å²) in [5.74, 6) is -0.378. The van der Waals surface area contributed by atoms with E-state index in [0.29, 0.717) is 6.61 Å². The molecule has 12 heavy (non-hydrogen) atoms. The second-order valence-corrected chi connectivity index (χ2v) is 2.08. The predicted molar refractivity (Wildman–Crippen MR) is 48.1 cm³/mol. The Labute approximate surface area is 78.0 Å². The molecule has 72 valence electrons. The molecular formula is C8H15ClO3. The minimum absolute atomic E-state index is 0.0559. The fourth-order valence-electron chi connectivity index (χ4n) is 0.433. The van der Waals surface area contributed by atoms with Gasteiger partial charge >= 0.3 is 5.97 Å². The van der Waals surface area contributed by atoms with Crippen LogP contribution in [-0.2, 0) is 14.3 Å². The van der Waals surface area contributed by atoms with E-state index in [1.54, 1.807) is 6.92 Å². The molecule has 0 radical (unpaired) electrons. The average Bonchev–Trinajstić information content (AvgIpc) is 2.05. The monoisotopic (exact) mass is 194 g/mol. The molecule has 0 aromatic heterocycles. The van der Waals surface area contributed by atoms with E-state index in [4.69, 9.17) is 11.6 Å². The van der Waals surface area contributed by atoms with Crippen LogP contribution < -0.4 is 0 Å². The van der Waals surface area contributed by atoms with Crippen molar-refractivity contribution in [2.24, 2.45) is 0 Å². The highest BCUT2D eigenvalue weighted by atomic mass is 35.5. The molecule has 0 aromatic rings. The van der Waals surface area contributed by atoms with Crippen LogP contribution in [0.5, 0.6) is 0 Å². The summed E-state index contributed by atoms with van der Waals surface area (Å²) in [6.07, 6.45) is 0.135. The molecule has 0 rings (SSSR count). The highest BCUT2D eigenvalue weighted by Crippen LogP contribution is 1.96. The lowest BCUT2D eigenvalue weighted by atomic mass is 10.3. The molecule has 0 atom stereocenters. The first kappa shape index (κ1) is 14.0. The van der Waals surface area contributed by atoms with Crippen molar-refractivity contribution >= 4 is 22.8 Å². The number of ether oxygens (including phenoxy) is 1. The molecule has 0 saturated heterocycles. The Morgan fingerprint density at radius 2 is 1.75 bits per heavy atom. The van der Waals surface area contributed by atoms with Gasteiger partial charge in [0.05, 0.1) is 13.0 Å². The Kier molecular flexibility index (Phi) is 12.2. The zero-order valence-electron chi connectivity index (χ0n) is 7.72. The van der Waals surface area contributed by atoms with Crippen molar-refractivity contribution in [2.45, 2.75) is 33.6 Å². The summed E-state index contributed by atoms with van der Waals surface area (Å²) in [5, 5.41) is -0.506. The van der Waals surface area contributed by atoms with Crippen molar-refractivity contribution in [1.82, 2.24) is 0 Å². The van der Waals surface area contributed by atoms with Crippen LogP contribution in [0.3, 0.4) is 0 Å². The lowest BCUT2D eigenvalue weighted by Crippen LogP contribution is -2.04. The Morgan fingerprint density at radius 1 is 1.25 bits per heavy atom. The van der Waals surface area contributed by atoms with Crippen LogP contribution in [0, 0.1) is 0 Å². The molecule has 0 fully saturated rings. The van der Waals surface area contributed by atoms with Gasteiger partial charge in [-0.05, 0) is 18.5 Å². The molecule has 0 spiro atoms. The zero-order valence-corrected chi connectivity index (χ0v) is 8.48. The van der Waals surface area contributed by atoms with Crippen LogP contribution in [-0.4, -0.2) is 17.8 Å². The normalized spacial score (nSPS) is 8.00. The topological polar surface area (TPSA) is 43.4 Å². The summed E-state index contributed by atoms with van der Waals surface area (Å²) in [5.41, 5.74) is 0. The van der Waals surface area contributed by atoms with E-state index in [1.807, 2.05) is 13.8 Å². The molecule has 4 heteroatoms. The predicted octanol–water partition coefficient (Wildman–Crippen LogP) is 2.12. The molecule has 0 saturated carbocycles. The summed E-state index contributed by atoms with van der Waals surface area (Å²) >= 11 is 4.98. The van der Waals surface area contributed by atoms with E-state index in [2.05, 4.69) is 4.74 Å². The highest BCUT2D eigenvalue weighted by molar-refractivity contribution is 6.63. The van der Waals surface area contributed by atoms with Gasteiger partial charge in [-0.2, -0.15) is 0 Å². The van der Waals surface area contributed by atoms with Gasteiger partial charge in [-0.1, -0.05) is 13.8 Å². The summed E-state index contributed by atoms with van der Waals surface area (Å²) < 4.78 is 4.54. The van der Waals surface area contributed by atoms with Gasteiger partial charge in [0.15, 0.2) is 0 Å². The van der Waals surface area contributed by atoms with Gasteiger partial charge in [0.25, 0.3) is 0 Å². The van der Waals surface area contributed by atoms with Crippen LogP contribution in [0.15, 0.2) is 0 Å². The number of hydrogen-bond donors (Lipinski definition) is 0. The van der Waals surface area contributed by atoms with E-state index >= 15 is 0 Å². The molecule has 0 aliphatic rings. The maximum atomic E-state index is 10.5. The molecule has 0 unspecified atom stereocenters. The maximum absolute atomic E-state index is 10.5. The van der Waals surface area contributed by atoms with Crippen molar-refractivity contribution in [1.29, 1.82) is 0 Å². The number of esters is 1. The van der Waals surface area contributed by atoms with Gasteiger partial charge in [0.1, 0.15) is 0 Å². The van der Waals surface area contributed by atoms with Crippen molar-refractivity contribution in [2.75, 3.05) is 6.61 Å². The van der Waals surface area contributed by atoms with Gasteiger partial charge < -0.3 is 4.74 Å². The van der Waals surface area contributed by atoms with E-state index in [0.717, 1.165) is 0 Å². The SMILES string of the molecule is CC.CCOC(=O)CCC(=O)Cl. The second kappa shape index (κ2) is 10.4. The Morgan fingerprint density at radius 3 is 2.08 bits per heavy atom. The fourth-order valence-corrected chi connectivity index (χ4v) is 0.528. The smallest absolute Gasteiger partial charge is 0.306 e. The summed E-state index contributed by atoms with van der Waals surface area (Å²) in [6, 6.07) is 0. The van der Waals surface area contributed by atoms with Crippen LogP contribution in [0.25, 0.3) is 0 Å². The Balaban J connectivity index is 0. The summed E-state index contributed by atoms with van der Waals surface area (Å²) in [7, 11) is 0. The summed E-state index contributed by atoms with van der Waals surface area (Å²) in [4.78, 5) is 20.6. The van der Waals surface area contributed by atoms with Crippen molar-refractivity contribution in [3.8, 4) is 0 Å². The standard InChI is InChI=1S/C6H9ClO3.C2H6/c1-2-10-6(9)4-3-5(7)8;1-2/h2-4H2,1H3;1-2H3. The van der Waals surface area contributed by atoms with Crippen molar-refractivity contribution in [3.05, 3.63) is 0 Å². The first-order valence-corrected chi connectivity index (χ1v) is 4.38. The second-order valence-electron chi connectivity index (χ2n) is 1.66. The number of rotatable bonds is 4. The van der Waals surface area contributed by atoms with Crippen LogP contribution in [0.2, 0.25) is 0 Å². The van der Waals surface area contributed by atoms with E-state index in [1.165, 1.54) is 0 Å². The van der Waals surface area contributed by atoms with Gasteiger partial charge in [0, 0.05) is 6.42 Å². The molecule has 0 heterocycles. The van der Waals surface area contributed by atoms with Gasteiger partial charge in [0.2, 0.25) is 5.24 Å². The molecule has 0 aliphatic heterocycles. The third-order valence-corrected chi connectivity index (χ3v) is 1.02. The van der Waals surface area contributed by atoms with Crippen LogP contribution >= 0.6 is 11.6 Å². The molecule has 3 nitrogen and oxygen atoms in total. The quantitative estimate of drug-likeness (QED) is 0.509. The van der Waals surface area contributed by atoms with E-state index in [-0.39, 0.29) is 18.8 Å². The first-order chi connectivity index (χ1) is 5.66. The van der Waals surface area contributed by atoms with Crippen LogP contribution in [0.4, 0.5) is 0 Å². The number of carbonyl (C=O) groups is 2. The molecular weight excluding hydrogens is 180 g/mol. The van der Waals surface area contributed by atoms with Crippen LogP contribution in [0.1, 0.15) is 33.6 Å². The molecule has 0 amide bonds. The van der Waals surface area contributed by atoms with Crippen molar-refractivity contribution < 1.29 is 14.3 Å². The molecule has 0 aromatic carbocycles. The lowest BCUT2D eigenvalue weighted by Gasteiger charge is -1.97. The Hall–Kier alpha value is -0.570. The van der Waals surface area contributed by atoms with Gasteiger partial charge in [-0.3, -0.25) is 9.59 Å². The largest absolute Gasteiger partial charge is 0.466 e. The van der Waals surface area contributed by atoms with Gasteiger partial charge in [-0.25, -0.2) is 0 Å². The van der Waals surface area contributed by atoms with E-state index in [9.17, 15) is 9.59 Å². The maximum Gasteiger partial charge on any atom is 0.306 e. The number of halogens is 1. The van der Waals surface area contributed by atoms with Gasteiger partial charge in [-0.15, -0.1) is 0 Å². The zero-order chi connectivity index (χ0) is 9.98. The minimum atomic E-state index is -0.506. The number of carbonyl (C=O) groups excluding carboxylic acids is 2. The van der Waals surface area contributed by atoms with E-state index < -0.39 is 5.24 Å². The van der Waals surface area contributed by atoms with Crippen molar-refractivity contribution in [3.63, 3.8) is 0 Å². The Bertz CT molecular complexity index is 134. The third kappa shape index (κ3) is 12.1. The fraction of sp³-hybridized carbons (Fsp3) is 0.750. The first-order valence-electron chi connectivity index (χ1n) is 4.00. The molecule has 0 N–H and O–H groups in total. The number of hydrogen-bond acceptors (Lipinski definition) is 3. The summed E-state index contributed by atoms with van der Waals surface area (Å²) in [6.45, 7) is 6.05. The minimum Gasteiger partial charge on any atom is -0.466 e. The highest BCUT2D eigenvalue weighted by Gasteiger charge is 2.03. The molecule has 0 bridgehead atoms. The third-order valence-electron chi connectivity index (χ3n) is 0.831. The molecule has 0 aliphatic carbocycles.